The molecule has 1 N–H and O–H groups in total. The molecule has 0 saturated heterocycles. The van der Waals surface area contributed by atoms with Gasteiger partial charge in [0.15, 0.2) is 0 Å². The molecule has 21 heavy (non-hydrogen) atoms. The maximum atomic E-state index is 9.26. The van der Waals surface area contributed by atoms with E-state index >= 15 is 0 Å². The highest BCUT2D eigenvalue weighted by molar-refractivity contribution is 6.30. The molecule has 0 amide bonds. The van der Waals surface area contributed by atoms with Crippen molar-refractivity contribution in [2.45, 2.75) is 25.9 Å². The van der Waals surface area contributed by atoms with Crippen molar-refractivity contribution in [2.24, 2.45) is 0 Å². The van der Waals surface area contributed by atoms with E-state index in [1.807, 2.05) is 31.3 Å². The average Bonchev–Trinajstić information content (AvgIpc) is 2.92. The highest BCUT2D eigenvalue weighted by Gasteiger charge is 2.10. The highest BCUT2D eigenvalue weighted by atomic mass is 35.5. The van der Waals surface area contributed by atoms with E-state index in [0.717, 1.165) is 25.1 Å². The average molecular weight is 310 g/mol. The Morgan fingerprint density at radius 1 is 1.38 bits per heavy atom. The van der Waals surface area contributed by atoms with Gasteiger partial charge in [-0.2, -0.15) is 4.98 Å². The number of nitrogens with zero attached hydrogens (tertiary/aromatic N) is 3. The molecule has 0 radical (unpaired) electrons. The molecule has 0 fully saturated rings. The van der Waals surface area contributed by atoms with Gasteiger partial charge in [-0.15, -0.1) is 0 Å². The maximum absolute atomic E-state index is 9.26. The summed E-state index contributed by atoms with van der Waals surface area (Å²) in [7, 11) is 2.01. The van der Waals surface area contributed by atoms with Crippen molar-refractivity contribution < 1.29 is 9.63 Å². The van der Waals surface area contributed by atoms with Crippen LogP contribution in [-0.2, 0) is 6.42 Å². The molecular weight excluding hydrogens is 290 g/mol. The molecule has 0 bridgehead atoms. The minimum atomic E-state index is -0.273. The van der Waals surface area contributed by atoms with Gasteiger partial charge in [0.05, 0.1) is 6.10 Å². The first-order chi connectivity index (χ1) is 10.0. The van der Waals surface area contributed by atoms with Crippen LogP contribution in [0.15, 0.2) is 28.8 Å². The van der Waals surface area contributed by atoms with E-state index in [0.29, 0.717) is 23.2 Å². The Labute approximate surface area is 129 Å². The monoisotopic (exact) mass is 309 g/mol. The molecule has 0 spiro atoms. The topological polar surface area (TPSA) is 62.4 Å². The molecule has 0 aliphatic heterocycles. The molecule has 114 valence electrons. The van der Waals surface area contributed by atoms with Crippen molar-refractivity contribution >= 4 is 11.6 Å². The summed E-state index contributed by atoms with van der Waals surface area (Å²) in [5.74, 6) is 1.16. The number of halogens is 1. The zero-order chi connectivity index (χ0) is 15.2. The molecule has 0 aliphatic rings. The van der Waals surface area contributed by atoms with Gasteiger partial charge in [-0.3, -0.25) is 0 Å². The molecule has 1 aromatic heterocycles. The van der Waals surface area contributed by atoms with E-state index in [9.17, 15) is 5.11 Å². The molecule has 6 heteroatoms. The van der Waals surface area contributed by atoms with Gasteiger partial charge in [0, 0.05) is 30.1 Å². The van der Waals surface area contributed by atoms with E-state index in [-0.39, 0.29) is 6.10 Å². The zero-order valence-electron chi connectivity index (χ0n) is 12.3. The second-order valence-electron chi connectivity index (χ2n) is 5.21. The van der Waals surface area contributed by atoms with E-state index < -0.39 is 0 Å². The second-order valence-corrected chi connectivity index (χ2v) is 5.65. The molecule has 1 atom stereocenters. The largest absolute Gasteiger partial charge is 0.393 e. The normalized spacial score (nSPS) is 12.8. The van der Waals surface area contributed by atoms with Gasteiger partial charge < -0.3 is 14.5 Å². The molecule has 0 aliphatic carbocycles. The third-order valence-corrected chi connectivity index (χ3v) is 3.42. The number of aliphatic hydroxyl groups excluding tert-OH is 1. The van der Waals surface area contributed by atoms with Gasteiger partial charge in [0.1, 0.15) is 0 Å². The Balaban J connectivity index is 1.89. The highest BCUT2D eigenvalue weighted by Crippen LogP contribution is 2.19. The lowest BCUT2D eigenvalue weighted by Crippen LogP contribution is -2.24. The Morgan fingerprint density at radius 2 is 2.19 bits per heavy atom. The summed E-state index contributed by atoms with van der Waals surface area (Å²) in [6.45, 7) is 3.44. The molecular formula is C15H20ClN3O2. The lowest BCUT2D eigenvalue weighted by Gasteiger charge is -2.15. The summed E-state index contributed by atoms with van der Waals surface area (Å²) in [4.78, 5) is 6.51. The van der Waals surface area contributed by atoms with Crippen molar-refractivity contribution in [2.75, 3.05) is 20.1 Å². The summed E-state index contributed by atoms with van der Waals surface area (Å²) >= 11 is 5.95. The van der Waals surface area contributed by atoms with Crippen molar-refractivity contribution in [1.29, 1.82) is 0 Å². The first-order valence-corrected chi connectivity index (χ1v) is 7.37. The standard InChI is InChI=1S/C15H20ClN3O2/c1-11(20)6-8-19(2)9-7-14-17-15(18-21-14)12-4-3-5-13(16)10-12/h3-5,10-11,20H,6-9H2,1-2H3. The number of aliphatic hydroxyl groups is 1. The van der Waals surface area contributed by atoms with Gasteiger partial charge in [0.2, 0.25) is 11.7 Å². The fraction of sp³-hybridized carbons (Fsp3) is 0.467. The van der Waals surface area contributed by atoms with Gasteiger partial charge in [-0.25, -0.2) is 0 Å². The second kappa shape index (κ2) is 7.54. The Hall–Kier alpha value is -1.43. The Kier molecular flexibility index (Phi) is 5.73. The third-order valence-electron chi connectivity index (χ3n) is 3.19. The fourth-order valence-electron chi connectivity index (χ4n) is 1.91. The van der Waals surface area contributed by atoms with Crippen LogP contribution < -0.4 is 0 Å². The van der Waals surface area contributed by atoms with Gasteiger partial charge >= 0.3 is 0 Å². The van der Waals surface area contributed by atoms with Crippen molar-refractivity contribution in [3.05, 3.63) is 35.2 Å². The number of likely N-dealkylation sites (N-methyl/N-ethyl adjacent to an activating group) is 1. The van der Waals surface area contributed by atoms with Crippen LogP contribution in [-0.4, -0.2) is 46.4 Å². The van der Waals surface area contributed by atoms with Gasteiger partial charge in [0.25, 0.3) is 0 Å². The minimum Gasteiger partial charge on any atom is -0.393 e. The van der Waals surface area contributed by atoms with E-state index in [1.54, 1.807) is 6.92 Å². The Morgan fingerprint density at radius 3 is 2.90 bits per heavy atom. The summed E-state index contributed by atoms with van der Waals surface area (Å²) in [5.41, 5.74) is 0.847. The number of rotatable bonds is 7. The summed E-state index contributed by atoms with van der Waals surface area (Å²) in [5, 5.41) is 13.9. The fourth-order valence-corrected chi connectivity index (χ4v) is 2.10. The van der Waals surface area contributed by atoms with E-state index in [2.05, 4.69) is 15.0 Å². The third kappa shape index (κ3) is 5.12. The summed E-state index contributed by atoms with van der Waals surface area (Å²) in [6.07, 6.45) is 1.17. The first-order valence-electron chi connectivity index (χ1n) is 6.99. The van der Waals surface area contributed by atoms with Crippen LogP contribution >= 0.6 is 11.6 Å². The van der Waals surface area contributed by atoms with Crippen LogP contribution in [0, 0.1) is 0 Å². The number of hydrogen-bond donors (Lipinski definition) is 1. The van der Waals surface area contributed by atoms with Crippen LogP contribution in [0.1, 0.15) is 19.2 Å². The van der Waals surface area contributed by atoms with E-state index in [4.69, 9.17) is 16.1 Å². The lowest BCUT2D eigenvalue weighted by molar-refractivity contribution is 0.164. The number of hydrogen-bond acceptors (Lipinski definition) is 5. The van der Waals surface area contributed by atoms with Crippen LogP contribution in [0.5, 0.6) is 0 Å². The molecule has 2 aromatic rings. The summed E-state index contributed by atoms with van der Waals surface area (Å²) in [6, 6.07) is 7.38. The smallest absolute Gasteiger partial charge is 0.228 e. The lowest BCUT2D eigenvalue weighted by atomic mass is 10.2. The van der Waals surface area contributed by atoms with Crippen LogP contribution in [0.2, 0.25) is 5.02 Å². The van der Waals surface area contributed by atoms with Crippen LogP contribution in [0.3, 0.4) is 0 Å². The maximum Gasteiger partial charge on any atom is 0.228 e. The molecule has 1 heterocycles. The van der Waals surface area contributed by atoms with Crippen molar-refractivity contribution in [1.82, 2.24) is 15.0 Å². The minimum absolute atomic E-state index is 0.273. The molecule has 1 aromatic carbocycles. The Bertz CT molecular complexity index is 572. The van der Waals surface area contributed by atoms with Crippen molar-refractivity contribution in [3.8, 4) is 11.4 Å². The number of aromatic nitrogens is 2. The first kappa shape index (κ1) is 15.9. The van der Waals surface area contributed by atoms with Crippen LogP contribution in [0.4, 0.5) is 0 Å². The van der Waals surface area contributed by atoms with E-state index in [1.165, 1.54) is 0 Å². The van der Waals surface area contributed by atoms with Gasteiger partial charge in [-0.1, -0.05) is 28.9 Å². The SMILES string of the molecule is CC(O)CCN(C)CCc1nc(-c2cccc(Cl)c2)no1. The molecule has 5 nitrogen and oxygen atoms in total. The predicted octanol–water partition coefficient (Wildman–Crippen LogP) is 2.64. The van der Waals surface area contributed by atoms with Crippen LogP contribution in [0.25, 0.3) is 11.4 Å². The summed E-state index contributed by atoms with van der Waals surface area (Å²) < 4.78 is 5.25. The van der Waals surface area contributed by atoms with Crippen molar-refractivity contribution in [3.63, 3.8) is 0 Å². The predicted molar refractivity (Wildman–Crippen MR) is 82.2 cm³/mol. The zero-order valence-corrected chi connectivity index (χ0v) is 13.0. The molecule has 1 unspecified atom stereocenters. The molecule has 2 rings (SSSR count). The van der Waals surface area contributed by atoms with Gasteiger partial charge in [-0.05, 0) is 32.5 Å². The number of benzene rings is 1. The quantitative estimate of drug-likeness (QED) is 0.852. The molecule has 0 saturated carbocycles.